The van der Waals surface area contributed by atoms with Crippen LogP contribution in [0.1, 0.15) is 30.1 Å². The minimum absolute atomic E-state index is 0.0127. The molecule has 0 N–H and O–H groups in total. The molecule has 0 aromatic heterocycles. The summed E-state index contributed by atoms with van der Waals surface area (Å²) in [6.45, 7) is 3.43. The van der Waals surface area contributed by atoms with Crippen LogP contribution in [0.15, 0.2) is 22.7 Å². The first-order valence-corrected chi connectivity index (χ1v) is 7.46. The van der Waals surface area contributed by atoms with E-state index in [1.165, 1.54) is 0 Å². The van der Waals surface area contributed by atoms with Gasteiger partial charge in [0.05, 0.1) is 18.3 Å². The summed E-state index contributed by atoms with van der Waals surface area (Å²) in [6, 6.07) is 5.44. The van der Waals surface area contributed by atoms with Gasteiger partial charge in [-0.15, -0.1) is 0 Å². The van der Waals surface area contributed by atoms with Crippen LogP contribution in [0.5, 0.6) is 5.75 Å². The lowest BCUT2D eigenvalue weighted by Crippen LogP contribution is -2.49. The molecular weight excluding hydrogens is 322 g/mol. The Kier molecular flexibility index (Phi) is 4.70. The highest BCUT2D eigenvalue weighted by Gasteiger charge is 2.33. The van der Waals surface area contributed by atoms with Crippen molar-refractivity contribution in [2.75, 3.05) is 27.3 Å². The summed E-state index contributed by atoms with van der Waals surface area (Å²) in [5.41, 5.74) is 0.379. The molecule has 110 valence electrons. The van der Waals surface area contributed by atoms with Crippen LogP contribution in [-0.4, -0.2) is 43.7 Å². The molecule has 0 aliphatic carbocycles. The number of ether oxygens (including phenoxy) is 2. The molecule has 0 bridgehead atoms. The summed E-state index contributed by atoms with van der Waals surface area (Å²) >= 11 is 3.44. The zero-order chi connectivity index (χ0) is 14.8. The molecule has 1 saturated heterocycles. The maximum absolute atomic E-state index is 12.7. The zero-order valence-corrected chi connectivity index (χ0v) is 13.7. The molecular formula is C15H20BrNO3. The van der Waals surface area contributed by atoms with Gasteiger partial charge in [0.25, 0.3) is 5.91 Å². The maximum atomic E-state index is 12.7. The van der Waals surface area contributed by atoms with Crippen LogP contribution >= 0.6 is 15.9 Å². The van der Waals surface area contributed by atoms with Crippen LogP contribution in [0.4, 0.5) is 0 Å². The van der Waals surface area contributed by atoms with E-state index in [4.69, 9.17) is 9.47 Å². The number of piperidine rings is 1. The smallest absolute Gasteiger partial charge is 0.255 e. The lowest BCUT2D eigenvalue weighted by atomic mass is 9.94. The summed E-state index contributed by atoms with van der Waals surface area (Å²) in [4.78, 5) is 14.5. The highest BCUT2D eigenvalue weighted by molar-refractivity contribution is 9.10. The molecule has 0 spiro atoms. The molecule has 0 saturated carbocycles. The lowest BCUT2D eigenvalue weighted by molar-refractivity contribution is -0.0440. The van der Waals surface area contributed by atoms with Crippen molar-refractivity contribution in [3.05, 3.63) is 28.2 Å². The Labute approximate surface area is 128 Å². The predicted molar refractivity (Wildman–Crippen MR) is 81.2 cm³/mol. The van der Waals surface area contributed by atoms with E-state index < -0.39 is 0 Å². The first-order chi connectivity index (χ1) is 9.49. The van der Waals surface area contributed by atoms with Gasteiger partial charge in [-0.25, -0.2) is 0 Å². The average molecular weight is 342 g/mol. The van der Waals surface area contributed by atoms with Gasteiger partial charge in [0.15, 0.2) is 0 Å². The van der Waals surface area contributed by atoms with Crippen LogP contribution in [0.2, 0.25) is 0 Å². The number of hydrogen-bond acceptors (Lipinski definition) is 3. The molecule has 5 heteroatoms. The third kappa shape index (κ3) is 3.15. The summed E-state index contributed by atoms with van der Waals surface area (Å²) < 4.78 is 11.5. The van der Waals surface area contributed by atoms with Gasteiger partial charge in [0.2, 0.25) is 0 Å². The number of benzene rings is 1. The minimum Gasteiger partial charge on any atom is -0.497 e. The van der Waals surface area contributed by atoms with Crippen molar-refractivity contribution < 1.29 is 14.3 Å². The Balaban J connectivity index is 2.23. The van der Waals surface area contributed by atoms with Crippen LogP contribution in [0.25, 0.3) is 0 Å². The van der Waals surface area contributed by atoms with E-state index in [1.807, 2.05) is 24.0 Å². The van der Waals surface area contributed by atoms with Crippen molar-refractivity contribution in [2.45, 2.75) is 25.4 Å². The molecule has 1 aromatic rings. The summed E-state index contributed by atoms with van der Waals surface area (Å²) in [6.07, 6.45) is 1.93. The first kappa shape index (κ1) is 15.3. The fourth-order valence-electron chi connectivity index (χ4n) is 2.51. The van der Waals surface area contributed by atoms with Crippen LogP contribution in [0, 0.1) is 0 Å². The SMILES string of the molecule is COc1ccc(Br)c(C(=O)N2CCCC(C)(OC)C2)c1. The van der Waals surface area contributed by atoms with E-state index in [1.54, 1.807) is 20.3 Å². The maximum Gasteiger partial charge on any atom is 0.255 e. The molecule has 1 aliphatic rings. The monoisotopic (exact) mass is 341 g/mol. The normalized spacial score (nSPS) is 22.7. The van der Waals surface area contributed by atoms with Crippen molar-refractivity contribution >= 4 is 21.8 Å². The van der Waals surface area contributed by atoms with E-state index in [-0.39, 0.29) is 11.5 Å². The number of hydrogen-bond donors (Lipinski definition) is 0. The molecule has 4 nitrogen and oxygen atoms in total. The zero-order valence-electron chi connectivity index (χ0n) is 12.1. The van der Waals surface area contributed by atoms with Gasteiger partial charge in [-0.2, -0.15) is 0 Å². The van der Waals surface area contributed by atoms with Crippen molar-refractivity contribution in [3.63, 3.8) is 0 Å². The van der Waals surface area contributed by atoms with Crippen molar-refractivity contribution in [3.8, 4) is 5.75 Å². The topological polar surface area (TPSA) is 38.8 Å². The van der Waals surface area contributed by atoms with Gasteiger partial charge < -0.3 is 14.4 Å². The fraction of sp³-hybridized carbons (Fsp3) is 0.533. The summed E-state index contributed by atoms with van der Waals surface area (Å²) in [5, 5.41) is 0. The Morgan fingerprint density at radius 2 is 2.15 bits per heavy atom. The van der Waals surface area contributed by atoms with Crippen molar-refractivity contribution in [1.82, 2.24) is 4.90 Å². The number of nitrogens with zero attached hydrogens (tertiary/aromatic N) is 1. The average Bonchev–Trinajstić information content (AvgIpc) is 2.47. The fourth-order valence-corrected chi connectivity index (χ4v) is 2.93. The highest BCUT2D eigenvalue weighted by atomic mass is 79.9. The number of amides is 1. The summed E-state index contributed by atoms with van der Waals surface area (Å²) in [5.74, 6) is 0.696. The Bertz CT molecular complexity index is 506. The number of halogens is 1. The number of carbonyl (C=O) groups excluding carboxylic acids is 1. The van der Waals surface area contributed by atoms with Gasteiger partial charge in [0, 0.05) is 24.7 Å². The molecule has 2 rings (SSSR count). The van der Waals surface area contributed by atoms with E-state index in [9.17, 15) is 4.79 Å². The molecule has 1 aromatic carbocycles. The van der Waals surface area contributed by atoms with Crippen LogP contribution < -0.4 is 4.74 Å². The minimum atomic E-state index is -0.251. The second-order valence-corrected chi connectivity index (χ2v) is 6.18. The van der Waals surface area contributed by atoms with Crippen molar-refractivity contribution in [1.29, 1.82) is 0 Å². The van der Waals surface area contributed by atoms with Gasteiger partial charge >= 0.3 is 0 Å². The van der Waals surface area contributed by atoms with Crippen LogP contribution in [0.3, 0.4) is 0 Å². The standard InChI is InChI=1S/C15H20BrNO3/c1-15(20-3)7-4-8-17(10-15)14(18)12-9-11(19-2)5-6-13(12)16/h5-6,9H,4,7-8,10H2,1-3H3. The third-order valence-electron chi connectivity index (χ3n) is 3.84. The Morgan fingerprint density at radius 1 is 1.40 bits per heavy atom. The Morgan fingerprint density at radius 3 is 2.80 bits per heavy atom. The largest absolute Gasteiger partial charge is 0.497 e. The van der Waals surface area contributed by atoms with Gasteiger partial charge in [-0.05, 0) is 53.9 Å². The molecule has 1 atom stereocenters. The lowest BCUT2D eigenvalue weighted by Gasteiger charge is -2.39. The number of rotatable bonds is 3. The number of methoxy groups -OCH3 is 2. The Hall–Kier alpha value is -1.07. The summed E-state index contributed by atoms with van der Waals surface area (Å²) in [7, 11) is 3.30. The highest BCUT2D eigenvalue weighted by Crippen LogP contribution is 2.28. The number of likely N-dealkylation sites (tertiary alicyclic amines) is 1. The van der Waals surface area contributed by atoms with E-state index in [2.05, 4.69) is 15.9 Å². The third-order valence-corrected chi connectivity index (χ3v) is 4.53. The van der Waals surface area contributed by atoms with Gasteiger partial charge in [0.1, 0.15) is 5.75 Å². The molecule has 1 fully saturated rings. The predicted octanol–water partition coefficient (Wildman–Crippen LogP) is 3.10. The van der Waals surface area contributed by atoms with Crippen molar-refractivity contribution in [2.24, 2.45) is 0 Å². The molecule has 1 unspecified atom stereocenters. The van der Waals surface area contributed by atoms with Gasteiger partial charge in [-0.3, -0.25) is 4.79 Å². The second-order valence-electron chi connectivity index (χ2n) is 5.33. The van der Waals surface area contributed by atoms with E-state index >= 15 is 0 Å². The molecule has 1 amide bonds. The molecule has 20 heavy (non-hydrogen) atoms. The first-order valence-electron chi connectivity index (χ1n) is 6.67. The molecule has 1 aliphatic heterocycles. The quantitative estimate of drug-likeness (QED) is 0.847. The molecule has 1 heterocycles. The second kappa shape index (κ2) is 6.14. The van der Waals surface area contributed by atoms with E-state index in [0.717, 1.165) is 23.9 Å². The number of carbonyl (C=O) groups is 1. The van der Waals surface area contributed by atoms with Crippen LogP contribution in [-0.2, 0) is 4.74 Å². The molecule has 0 radical (unpaired) electrons. The van der Waals surface area contributed by atoms with E-state index in [0.29, 0.717) is 17.9 Å². The van der Waals surface area contributed by atoms with Gasteiger partial charge in [-0.1, -0.05) is 0 Å².